The fourth-order valence-corrected chi connectivity index (χ4v) is 3.51. The van der Waals surface area contributed by atoms with Crippen LogP contribution in [0.15, 0.2) is 23.7 Å². The highest BCUT2D eigenvalue weighted by Crippen LogP contribution is 2.34. The van der Waals surface area contributed by atoms with E-state index in [-0.39, 0.29) is 0 Å². The maximum atomic E-state index is 4.80. The van der Waals surface area contributed by atoms with Gasteiger partial charge in [0.2, 0.25) is 0 Å². The van der Waals surface area contributed by atoms with Crippen LogP contribution in [-0.2, 0) is 0 Å². The van der Waals surface area contributed by atoms with Crippen molar-refractivity contribution in [3.63, 3.8) is 0 Å². The number of pyridine rings is 1. The van der Waals surface area contributed by atoms with Crippen LogP contribution in [0.3, 0.4) is 0 Å². The molecular formula is C15H18N2S. The van der Waals surface area contributed by atoms with Crippen LogP contribution in [0.4, 0.5) is 0 Å². The highest BCUT2D eigenvalue weighted by Gasteiger charge is 2.18. The van der Waals surface area contributed by atoms with E-state index in [4.69, 9.17) is 4.98 Å². The van der Waals surface area contributed by atoms with Crippen LogP contribution in [0.25, 0.3) is 10.7 Å². The first-order chi connectivity index (χ1) is 8.83. The van der Waals surface area contributed by atoms with E-state index < -0.39 is 0 Å². The number of rotatable bonds is 2. The lowest BCUT2D eigenvalue weighted by Crippen LogP contribution is -2.04. The Hall–Kier alpha value is -1.22. The van der Waals surface area contributed by atoms with E-state index in [2.05, 4.69) is 23.4 Å². The van der Waals surface area contributed by atoms with Crippen LogP contribution in [0.1, 0.15) is 49.3 Å². The SMILES string of the molecule is Cc1ccnc(-c2nc(C3CCCCC3)cs2)c1. The summed E-state index contributed by atoms with van der Waals surface area (Å²) in [4.78, 5) is 9.22. The lowest BCUT2D eigenvalue weighted by molar-refractivity contribution is 0.438. The van der Waals surface area contributed by atoms with Crippen molar-refractivity contribution in [2.75, 3.05) is 0 Å². The minimum atomic E-state index is 0.688. The third-order valence-electron chi connectivity index (χ3n) is 3.68. The van der Waals surface area contributed by atoms with Crippen molar-refractivity contribution in [2.45, 2.75) is 44.9 Å². The molecule has 0 amide bonds. The molecule has 0 aliphatic heterocycles. The summed E-state index contributed by atoms with van der Waals surface area (Å²) in [5.41, 5.74) is 3.55. The Morgan fingerprint density at radius 2 is 2.06 bits per heavy atom. The van der Waals surface area contributed by atoms with Crippen LogP contribution >= 0.6 is 11.3 Å². The Labute approximate surface area is 112 Å². The number of thiazole rings is 1. The average Bonchev–Trinajstić information content (AvgIpc) is 2.89. The fraction of sp³-hybridized carbons (Fsp3) is 0.467. The van der Waals surface area contributed by atoms with Gasteiger partial charge in [-0.3, -0.25) is 4.98 Å². The molecule has 3 heteroatoms. The molecule has 0 atom stereocenters. The summed E-state index contributed by atoms with van der Waals surface area (Å²) in [6, 6.07) is 4.14. The first kappa shape index (κ1) is 11.8. The molecule has 0 unspecified atom stereocenters. The molecule has 0 saturated heterocycles. The van der Waals surface area contributed by atoms with Crippen LogP contribution in [0.2, 0.25) is 0 Å². The van der Waals surface area contributed by atoms with Crippen molar-refractivity contribution >= 4 is 11.3 Å². The predicted octanol–water partition coefficient (Wildman–Crippen LogP) is 4.56. The summed E-state index contributed by atoms with van der Waals surface area (Å²) < 4.78 is 0. The monoisotopic (exact) mass is 258 g/mol. The fourth-order valence-electron chi connectivity index (χ4n) is 2.64. The summed E-state index contributed by atoms with van der Waals surface area (Å²) in [5, 5.41) is 3.30. The van der Waals surface area contributed by atoms with Crippen LogP contribution in [-0.4, -0.2) is 9.97 Å². The molecule has 0 bridgehead atoms. The molecule has 0 radical (unpaired) electrons. The van der Waals surface area contributed by atoms with Crippen molar-refractivity contribution in [3.05, 3.63) is 35.0 Å². The van der Waals surface area contributed by atoms with Gasteiger partial charge in [-0.15, -0.1) is 11.3 Å². The van der Waals surface area contributed by atoms with Gasteiger partial charge in [0.15, 0.2) is 0 Å². The normalized spacial score (nSPS) is 16.9. The largest absolute Gasteiger partial charge is 0.254 e. The second kappa shape index (κ2) is 5.19. The molecule has 94 valence electrons. The molecule has 0 spiro atoms. The Morgan fingerprint density at radius 1 is 1.22 bits per heavy atom. The number of nitrogens with zero attached hydrogens (tertiary/aromatic N) is 2. The molecule has 1 aliphatic carbocycles. The van der Waals surface area contributed by atoms with Crippen molar-refractivity contribution in [1.29, 1.82) is 0 Å². The number of hydrogen-bond acceptors (Lipinski definition) is 3. The molecule has 0 aromatic carbocycles. The van der Waals surface area contributed by atoms with Gasteiger partial charge in [-0.05, 0) is 37.5 Å². The van der Waals surface area contributed by atoms with Gasteiger partial charge in [0, 0.05) is 17.5 Å². The highest BCUT2D eigenvalue weighted by molar-refractivity contribution is 7.13. The minimum absolute atomic E-state index is 0.688. The van der Waals surface area contributed by atoms with Crippen molar-refractivity contribution < 1.29 is 0 Å². The third kappa shape index (κ3) is 2.46. The Morgan fingerprint density at radius 3 is 2.83 bits per heavy atom. The maximum absolute atomic E-state index is 4.80. The highest BCUT2D eigenvalue weighted by atomic mass is 32.1. The molecule has 2 aromatic rings. The first-order valence-electron chi connectivity index (χ1n) is 6.71. The molecule has 2 heterocycles. The zero-order valence-corrected chi connectivity index (χ0v) is 11.5. The van der Waals surface area contributed by atoms with E-state index in [1.165, 1.54) is 43.4 Å². The topological polar surface area (TPSA) is 25.8 Å². The predicted molar refractivity (Wildman–Crippen MR) is 75.9 cm³/mol. The van der Waals surface area contributed by atoms with Gasteiger partial charge in [-0.2, -0.15) is 0 Å². The summed E-state index contributed by atoms with van der Waals surface area (Å²) in [6.45, 7) is 2.10. The Bertz CT molecular complexity index is 527. The average molecular weight is 258 g/mol. The van der Waals surface area contributed by atoms with Crippen molar-refractivity contribution in [2.24, 2.45) is 0 Å². The quantitative estimate of drug-likeness (QED) is 0.789. The van der Waals surface area contributed by atoms with E-state index in [1.807, 2.05) is 12.3 Å². The van der Waals surface area contributed by atoms with E-state index in [0.29, 0.717) is 5.92 Å². The van der Waals surface area contributed by atoms with Crippen molar-refractivity contribution in [3.8, 4) is 10.7 Å². The summed E-state index contributed by atoms with van der Waals surface area (Å²) in [6.07, 6.45) is 8.61. The molecule has 1 fully saturated rings. The second-order valence-corrected chi connectivity index (χ2v) is 5.99. The number of aromatic nitrogens is 2. The van der Waals surface area contributed by atoms with E-state index in [0.717, 1.165) is 10.7 Å². The molecular weight excluding hydrogens is 240 g/mol. The molecule has 1 saturated carbocycles. The van der Waals surface area contributed by atoms with Crippen LogP contribution < -0.4 is 0 Å². The van der Waals surface area contributed by atoms with E-state index >= 15 is 0 Å². The van der Waals surface area contributed by atoms with Gasteiger partial charge < -0.3 is 0 Å². The zero-order chi connectivity index (χ0) is 12.4. The minimum Gasteiger partial charge on any atom is -0.254 e. The van der Waals surface area contributed by atoms with Crippen LogP contribution in [0.5, 0.6) is 0 Å². The molecule has 1 aliphatic rings. The summed E-state index contributed by atoms with van der Waals surface area (Å²) in [5.74, 6) is 0.688. The summed E-state index contributed by atoms with van der Waals surface area (Å²) in [7, 11) is 0. The van der Waals surface area contributed by atoms with Gasteiger partial charge in [0.25, 0.3) is 0 Å². The Balaban J connectivity index is 1.84. The third-order valence-corrected chi connectivity index (χ3v) is 4.56. The van der Waals surface area contributed by atoms with Gasteiger partial charge >= 0.3 is 0 Å². The molecule has 18 heavy (non-hydrogen) atoms. The Kier molecular flexibility index (Phi) is 3.41. The standard InChI is InChI=1S/C15H18N2S/c1-11-7-8-16-13(9-11)15-17-14(10-18-15)12-5-3-2-4-6-12/h7-10,12H,2-6H2,1H3. The molecule has 2 aromatic heterocycles. The van der Waals surface area contributed by atoms with Crippen molar-refractivity contribution in [1.82, 2.24) is 9.97 Å². The van der Waals surface area contributed by atoms with Crippen LogP contribution in [0, 0.1) is 6.92 Å². The van der Waals surface area contributed by atoms with E-state index in [1.54, 1.807) is 11.3 Å². The maximum Gasteiger partial charge on any atom is 0.142 e. The lowest BCUT2D eigenvalue weighted by Gasteiger charge is -2.19. The smallest absolute Gasteiger partial charge is 0.142 e. The lowest BCUT2D eigenvalue weighted by atomic mass is 9.87. The van der Waals surface area contributed by atoms with Gasteiger partial charge in [-0.1, -0.05) is 19.3 Å². The molecule has 2 nitrogen and oxygen atoms in total. The van der Waals surface area contributed by atoms with Gasteiger partial charge in [0.05, 0.1) is 11.4 Å². The zero-order valence-electron chi connectivity index (χ0n) is 10.7. The van der Waals surface area contributed by atoms with E-state index in [9.17, 15) is 0 Å². The first-order valence-corrected chi connectivity index (χ1v) is 7.59. The van der Waals surface area contributed by atoms with Gasteiger partial charge in [-0.25, -0.2) is 4.98 Å². The number of aryl methyl sites for hydroxylation is 1. The van der Waals surface area contributed by atoms with Gasteiger partial charge in [0.1, 0.15) is 5.01 Å². The second-order valence-electron chi connectivity index (χ2n) is 5.13. The molecule has 3 rings (SSSR count). The molecule has 0 N–H and O–H groups in total. The number of hydrogen-bond donors (Lipinski definition) is 0. The summed E-state index contributed by atoms with van der Waals surface area (Å²) >= 11 is 1.73.